The predicted molar refractivity (Wildman–Crippen MR) is 70.6 cm³/mol. The first kappa shape index (κ1) is 13.2. The Kier molecular flexibility index (Phi) is 4.84. The molecule has 0 radical (unpaired) electrons. The Labute approximate surface area is 108 Å². The predicted octanol–water partition coefficient (Wildman–Crippen LogP) is 1.80. The van der Waals surface area contributed by atoms with Gasteiger partial charge in [-0.1, -0.05) is 13.0 Å². The Bertz CT molecular complexity index is 381. The van der Waals surface area contributed by atoms with E-state index in [0.717, 1.165) is 31.2 Å². The molecule has 2 rings (SSSR count). The van der Waals surface area contributed by atoms with E-state index < -0.39 is 0 Å². The van der Waals surface area contributed by atoms with Crippen molar-refractivity contribution in [2.24, 2.45) is 0 Å². The molecular weight excluding hydrogens is 230 g/mol. The maximum atomic E-state index is 5.59. The first-order chi connectivity index (χ1) is 8.81. The van der Waals surface area contributed by atoms with Crippen LogP contribution in [-0.2, 0) is 4.74 Å². The molecule has 0 fully saturated rings. The van der Waals surface area contributed by atoms with Crippen LogP contribution in [0.3, 0.4) is 0 Å². The van der Waals surface area contributed by atoms with Gasteiger partial charge < -0.3 is 19.5 Å². The summed E-state index contributed by atoms with van der Waals surface area (Å²) in [5, 5.41) is 3.37. The number of fused-ring (bicyclic) bond motifs is 1. The molecule has 0 spiro atoms. The quantitative estimate of drug-likeness (QED) is 0.783. The molecule has 0 saturated heterocycles. The molecule has 0 bridgehead atoms. The Balaban J connectivity index is 1.91. The lowest BCUT2D eigenvalue weighted by molar-refractivity contribution is 0.171. The molecule has 1 aromatic carbocycles. The van der Waals surface area contributed by atoms with Gasteiger partial charge in [0.15, 0.2) is 11.5 Å². The fourth-order valence-corrected chi connectivity index (χ4v) is 1.98. The average molecular weight is 251 g/mol. The molecule has 0 saturated carbocycles. The van der Waals surface area contributed by atoms with Gasteiger partial charge in [0.25, 0.3) is 0 Å². The van der Waals surface area contributed by atoms with E-state index in [9.17, 15) is 0 Å². The van der Waals surface area contributed by atoms with Crippen LogP contribution in [-0.4, -0.2) is 40.0 Å². The van der Waals surface area contributed by atoms with Crippen molar-refractivity contribution in [2.45, 2.75) is 12.8 Å². The molecule has 1 atom stereocenters. The molecular formula is C14H21NO3. The first-order valence-electron chi connectivity index (χ1n) is 6.40. The molecule has 1 aromatic rings. The van der Waals surface area contributed by atoms with Crippen molar-refractivity contribution in [2.75, 3.05) is 40.0 Å². The lowest BCUT2D eigenvalue weighted by Crippen LogP contribution is -2.24. The van der Waals surface area contributed by atoms with Gasteiger partial charge in [0.1, 0.15) is 13.2 Å². The topological polar surface area (TPSA) is 39.7 Å². The van der Waals surface area contributed by atoms with E-state index in [0.29, 0.717) is 19.1 Å². The van der Waals surface area contributed by atoms with Gasteiger partial charge in [-0.3, -0.25) is 0 Å². The third kappa shape index (κ3) is 3.37. The molecule has 1 heterocycles. The summed E-state index contributed by atoms with van der Waals surface area (Å²) in [7, 11) is 1.71. The molecule has 18 heavy (non-hydrogen) atoms. The second-order valence-corrected chi connectivity index (χ2v) is 4.50. The molecule has 1 N–H and O–H groups in total. The van der Waals surface area contributed by atoms with Crippen LogP contribution in [0.5, 0.6) is 11.5 Å². The molecule has 1 aliphatic rings. The van der Waals surface area contributed by atoms with Crippen molar-refractivity contribution < 1.29 is 14.2 Å². The highest BCUT2D eigenvalue weighted by atomic mass is 16.6. The zero-order chi connectivity index (χ0) is 12.8. The number of hydrogen-bond donors (Lipinski definition) is 1. The number of methoxy groups -OCH3 is 1. The number of benzene rings is 1. The fraction of sp³-hybridized carbons (Fsp3) is 0.571. The molecule has 0 aromatic heterocycles. The second-order valence-electron chi connectivity index (χ2n) is 4.50. The smallest absolute Gasteiger partial charge is 0.161 e. The van der Waals surface area contributed by atoms with Crippen LogP contribution in [0, 0.1) is 0 Å². The summed E-state index contributed by atoms with van der Waals surface area (Å²) in [5.41, 5.74) is 1.27. The van der Waals surface area contributed by atoms with Crippen molar-refractivity contribution in [3.63, 3.8) is 0 Å². The van der Waals surface area contributed by atoms with Gasteiger partial charge in [-0.05, 0) is 23.6 Å². The minimum atomic E-state index is 0.442. The molecule has 4 heteroatoms. The van der Waals surface area contributed by atoms with Crippen LogP contribution in [0.15, 0.2) is 18.2 Å². The lowest BCUT2D eigenvalue weighted by atomic mass is 10.0. The van der Waals surface area contributed by atoms with Crippen molar-refractivity contribution in [3.8, 4) is 11.5 Å². The van der Waals surface area contributed by atoms with Crippen LogP contribution in [0.1, 0.15) is 18.4 Å². The summed E-state index contributed by atoms with van der Waals surface area (Å²) in [6.07, 6.45) is 0. The SMILES string of the molecule is COCCNCC(C)c1ccc2c(c1)OCCO2. The summed E-state index contributed by atoms with van der Waals surface area (Å²) in [5.74, 6) is 2.16. The van der Waals surface area contributed by atoms with Gasteiger partial charge in [0.2, 0.25) is 0 Å². The third-order valence-corrected chi connectivity index (χ3v) is 3.07. The molecule has 100 valence electrons. The highest BCUT2D eigenvalue weighted by Crippen LogP contribution is 2.32. The van der Waals surface area contributed by atoms with Gasteiger partial charge in [0.05, 0.1) is 6.61 Å². The average Bonchev–Trinajstić information content (AvgIpc) is 2.43. The summed E-state index contributed by atoms with van der Waals surface area (Å²) in [6.45, 7) is 6.03. The van der Waals surface area contributed by atoms with Crippen molar-refractivity contribution in [1.82, 2.24) is 5.32 Å². The summed E-state index contributed by atoms with van der Waals surface area (Å²) in [6, 6.07) is 6.18. The zero-order valence-electron chi connectivity index (χ0n) is 11.1. The van der Waals surface area contributed by atoms with E-state index in [2.05, 4.69) is 24.4 Å². The van der Waals surface area contributed by atoms with Crippen LogP contribution in [0.2, 0.25) is 0 Å². The van der Waals surface area contributed by atoms with E-state index in [1.54, 1.807) is 7.11 Å². The van der Waals surface area contributed by atoms with E-state index in [1.165, 1.54) is 5.56 Å². The normalized spacial score (nSPS) is 15.4. The van der Waals surface area contributed by atoms with Crippen LogP contribution in [0.4, 0.5) is 0 Å². The monoisotopic (exact) mass is 251 g/mol. The van der Waals surface area contributed by atoms with E-state index in [-0.39, 0.29) is 0 Å². The van der Waals surface area contributed by atoms with Crippen LogP contribution in [0.25, 0.3) is 0 Å². The van der Waals surface area contributed by atoms with Gasteiger partial charge in [-0.15, -0.1) is 0 Å². The Morgan fingerprint density at radius 3 is 2.83 bits per heavy atom. The molecule has 0 amide bonds. The van der Waals surface area contributed by atoms with E-state index in [4.69, 9.17) is 14.2 Å². The number of ether oxygens (including phenoxy) is 3. The number of hydrogen-bond acceptors (Lipinski definition) is 4. The maximum Gasteiger partial charge on any atom is 0.161 e. The summed E-state index contributed by atoms with van der Waals surface area (Å²) < 4.78 is 16.1. The van der Waals surface area contributed by atoms with Gasteiger partial charge >= 0.3 is 0 Å². The van der Waals surface area contributed by atoms with Crippen molar-refractivity contribution in [3.05, 3.63) is 23.8 Å². The van der Waals surface area contributed by atoms with Crippen molar-refractivity contribution >= 4 is 0 Å². The Morgan fingerprint density at radius 2 is 2.06 bits per heavy atom. The van der Waals surface area contributed by atoms with Crippen molar-refractivity contribution in [1.29, 1.82) is 0 Å². The standard InChI is InChI=1S/C14H21NO3/c1-11(10-15-5-6-16-2)12-3-4-13-14(9-12)18-8-7-17-13/h3-4,9,11,15H,5-8,10H2,1-2H3. The van der Waals surface area contributed by atoms with Gasteiger partial charge in [-0.2, -0.15) is 0 Å². The zero-order valence-corrected chi connectivity index (χ0v) is 11.1. The van der Waals surface area contributed by atoms with Crippen LogP contribution >= 0.6 is 0 Å². The van der Waals surface area contributed by atoms with E-state index >= 15 is 0 Å². The van der Waals surface area contributed by atoms with Gasteiger partial charge in [-0.25, -0.2) is 0 Å². The summed E-state index contributed by atoms with van der Waals surface area (Å²) >= 11 is 0. The molecule has 0 aliphatic carbocycles. The van der Waals surface area contributed by atoms with Gasteiger partial charge in [0, 0.05) is 20.2 Å². The first-order valence-corrected chi connectivity index (χ1v) is 6.40. The Morgan fingerprint density at radius 1 is 1.28 bits per heavy atom. The highest BCUT2D eigenvalue weighted by molar-refractivity contribution is 5.44. The minimum Gasteiger partial charge on any atom is -0.486 e. The second kappa shape index (κ2) is 6.61. The Hall–Kier alpha value is -1.26. The van der Waals surface area contributed by atoms with Crippen LogP contribution < -0.4 is 14.8 Å². The molecule has 1 unspecified atom stereocenters. The third-order valence-electron chi connectivity index (χ3n) is 3.07. The minimum absolute atomic E-state index is 0.442. The number of rotatable bonds is 6. The number of nitrogens with one attached hydrogen (secondary N) is 1. The lowest BCUT2D eigenvalue weighted by Gasteiger charge is -2.20. The highest BCUT2D eigenvalue weighted by Gasteiger charge is 2.14. The maximum absolute atomic E-state index is 5.59. The molecule has 4 nitrogen and oxygen atoms in total. The fourth-order valence-electron chi connectivity index (χ4n) is 1.98. The molecule has 1 aliphatic heterocycles. The van der Waals surface area contributed by atoms with E-state index in [1.807, 2.05) is 6.07 Å². The largest absolute Gasteiger partial charge is 0.486 e. The summed E-state index contributed by atoms with van der Waals surface area (Å²) in [4.78, 5) is 0.